The van der Waals surface area contributed by atoms with Crippen LogP contribution in [0.4, 0.5) is 0 Å². The van der Waals surface area contributed by atoms with Crippen molar-refractivity contribution in [2.24, 2.45) is 38.9 Å². The third kappa shape index (κ3) is 2.13. The Bertz CT molecular complexity index is 1240. The Kier molecular flexibility index (Phi) is 3.76. The van der Waals surface area contributed by atoms with Gasteiger partial charge in [-0.2, -0.15) is 0 Å². The monoisotopic (exact) mass is 451 g/mol. The standard InChI is InChI=1S/C28H41N3O2/c1-24(2,3)17-15-28(25(4,5)6)19-11-10-18(21(17)28)30-22(32)29(23(33)31(19)30)20-14-16-12-13-27(20,9)26(16,7)8/h10-11,15-16,18-21H,12-14H2,1-9H3/t16-,18-,19-,20-,21-,27-,28-/m1/s1. The van der Waals surface area contributed by atoms with E-state index in [4.69, 9.17) is 0 Å². The van der Waals surface area contributed by atoms with Crippen molar-refractivity contribution in [1.82, 2.24) is 13.9 Å². The van der Waals surface area contributed by atoms with E-state index >= 15 is 0 Å². The van der Waals surface area contributed by atoms with Gasteiger partial charge in [-0.05, 0) is 46.8 Å². The molecule has 2 saturated carbocycles. The molecule has 3 heterocycles. The normalized spacial score (nSPS) is 42.2. The van der Waals surface area contributed by atoms with Crippen LogP contribution < -0.4 is 11.4 Å². The van der Waals surface area contributed by atoms with Gasteiger partial charge in [0.25, 0.3) is 0 Å². The third-order valence-corrected chi connectivity index (χ3v) is 11.4. The fraction of sp³-hybridized carbons (Fsp3) is 0.786. The first-order chi connectivity index (χ1) is 15.1. The molecule has 5 heteroatoms. The number of nitrogens with zero attached hydrogens (tertiary/aromatic N) is 3. The molecule has 1 aromatic rings. The molecular weight excluding hydrogens is 410 g/mol. The summed E-state index contributed by atoms with van der Waals surface area (Å²) < 4.78 is 5.39. The van der Waals surface area contributed by atoms with Gasteiger partial charge in [0.2, 0.25) is 0 Å². The smallest absolute Gasteiger partial charge is 0.246 e. The maximum absolute atomic E-state index is 14.1. The zero-order valence-electron chi connectivity index (χ0n) is 21.9. The molecule has 0 spiro atoms. The fourth-order valence-electron chi connectivity index (χ4n) is 8.97. The number of rotatable bonds is 1. The zero-order valence-corrected chi connectivity index (χ0v) is 21.9. The maximum atomic E-state index is 14.1. The number of aromatic nitrogens is 3. The van der Waals surface area contributed by atoms with Crippen LogP contribution in [0.25, 0.3) is 0 Å². The molecule has 0 saturated heterocycles. The molecule has 4 bridgehead atoms. The Morgan fingerprint density at radius 3 is 2.09 bits per heavy atom. The summed E-state index contributed by atoms with van der Waals surface area (Å²) in [5.41, 5.74) is 1.28. The average Bonchev–Trinajstić information content (AvgIpc) is 3.11. The van der Waals surface area contributed by atoms with Gasteiger partial charge < -0.3 is 0 Å². The summed E-state index contributed by atoms with van der Waals surface area (Å²) in [6, 6.07) is -0.205. The second kappa shape index (κ2) is 5.71. The van der Waals surface area contributed by atoms with Crippen molar-refractivity contribution >= 4 is 0 Å². The van der Waals surface area contributed by atoms with Crippen LogP contribution in [0.3, 0.4) is 0 Å². The predicted octanol–water partition coefficient (Wildman–Crippen LogP) is 5.50. The molecule has 4 aliphatic carbocycles. The largest absolute Gasteiger partial charge is 0.348 e. The molecule has 33 heavy (non-hydrogen) atoms. The first-order valence-electron chi connectivity index (χ1n) is 13.0. The van der Waals surface area contributed by atoms with Crippen molar-refractivity contribution in [3.05, 3.63) is 44.8 Å². The fourth-order valence-corrected chi connectivity index (χ4v) is 8.97. The second-order valence-electron chi connectivity index (χ2n) is 14.6. The van der Waals surface area contributed by atoms with E-state index in [1.807, 2.05) is 9.36 Å². The van der Waals surface area contributed by atoms with E-state index in [2.05, 4.69) is 80.5 Å². The summed E-state index contributed by atoms with van der Waals surface area (Å²) in [6.45, 7) is 20.7. The lowest BCUT2D eigenvalue weighted by Gasteiger charge is -2.66. The summed E-state index contributed by atoms with van der Waals surface area (Å²) >= 11 is 0. The minimum absolute atomic E-state index is 0.00506. The molecule has 0 aromatic carbocycles. The van der Waals surface area contributed by atoms with Crippen LogP contribution >= 0.6 is 0 Å². The van der Waals surface area contributed by atoms with Crippen molar-refractivity contribution in [2.75, 3.05) is 0 Å². The molecule has 5 nitrogen and oxygen atoms in total. The van der Waals surface area contributed by atoms with Crippen LogP contribution in [0.5, 0.6) is 0 Å². The first-order valence-corrected chi connectivity index (χ1v) is 13.0. The van der Waals surface area contributed by atoms with Crippen molar-refractivity contribution in [1.29, 1.82) is 0 Å². The van der Waals surface area contributed by atoms with E-state index in [0.717, 1.165) is 12.8 Å². The molecule has 2 aliphatic heterocycles. The van der Waals surface area contributed by atoms with E-state index < -0.39 is 0 Å². The van der Waals surface area contributed by atoms with E-state index in [-0.39, 0.29) is 62.5 Å². The molecule has 7 rings (SSSR count). The van der Waals surface area contributed by atoms with Gasteiger partial charge in [0.15, 0.2) is 0 Å². The first kappa shape index (κ1) is 21.7. The van der Waals surface area contributed by atoms with Crippen molar-refractivity contribution in [3.63, 3.8) is 0 Å². The van der Waals surface area contributed by atoms with Gasteiger partial charge >= 0.3 is 11.4 Å². The molecule has 6 aliphatic rings. The van der Waals surface area contributed by atoms with E-state index in [1.54, 1.807) is 4.57 Å². The Balaban J connectivity index is 1.57. The predicted molar refractivity (Wildman–Crippen MR) is 131 cm³/mol. The topological polar surface area (TPSA) is 48.9 Å². The average molecular weight is 452 g/mol. The van der Waals surface area contributed by atoms with E-state index in [9.17, 15) is 9.59 Å². The lowest BCUT2D eigenvalue weighted by atomic mass is 9.41. The molecule has 180 valence electrons. The molecule has 7 atom stereocenters. The Labute approximate surface area is 197 Å². The summed E-state index contributed by atoms with van der Waals surface area (Å²) in [5, 5.41) is 0. The molecule has 0 amide bonds. The Morgan fingerprint density at radius 2 is 1.58 bits per heavy atom. The quantitative estimate of drug-likeness (QED) is 0.530. The Morgan fingerprint density at radius 1 is 0.939 bits per heavy atom. The Hall–Kier alpha value is -1.78. The lowest BCUT2D eigenvalue weighted by molar-refractivity contribution is -0.0653. The highest BCUT2D eigenvalue weighted by atomic mass is 16.2. The van der Waals surface area contributed by atoms with Gasteiger partial charge in [-0.25, -0.2) is 23.5 Å². The van der Waals surface area contributed by atoms with Crippen LogP contribution in [-0.4, -0.2) is 13.9 Å². The number of fused-ring (bicyclic) bond motifs is 2. The molecular formula is C28H41N3O2. The second-order valence-corrected chi connectivity index (χ2v) is 14.6. The zero-order chi connectivity index (χ0) is 24.1. The van der Waals surface area contributed by atoms with Gasteiger partial charge in [-0.3, -0.25) is 0 Å². The van der Waals surface area contributed by atoms with Crippen LogP contribution in [0.15, 0.2) is 33.4 Å². The highest BCUT2D eigenvalue weighted by Crippen LogP contribution is 2.72. The van der Waals surface area contributed by atoms with Crippen molar-refractivity contribution < 1.29 is 0 Å². The summed E-state index contributed by atoms with van der Waals surface area (Å²) in [4.78, 5) is 28.2. The van der Waals surface area contributed by atoms with Crippen molar-refractivity contribution in [3.8, 4) is 0 Å². The van der Waals surface area contributed by atoms with Gasteiger partial charge in [0.1, 0.15) is 0 Å². The number of hydrogen-bond donors (Lipinski definition) is 0. The molecule has 0 unspecified atom stereocenters. The van der Waals surface area contributed by atoms with Gasteiger partial charge in [-0.15, -0.1) is 0 Å². The highest BCUT2D eigenvalue weighted by molar-refractivity contribution is 5.44. The lowest BCUT2D eigenvalue weighted by Crippen LogP contribution is -2.64. The molecule has 0 N–H and O–H groups in total. The van der Waals surface area contributed by atoms with Gasteiger partial charge in [0.05, 0.1) is 12.1 Å². The molecule has 0 radical (unpaired) electrons. The van der Waals surface area contributed by atoms with E-state index in [0.29, 0.717) is 5.92 Å². The third-order valence-electron chi connectivity index (χ3n) is 11.4. The van der Waals surface area contributed by atoms with Crippen LogP contribution in [0.1, 0.15) is 99.7 Å². The SMILES string of the molecule is CC(C)(C)C1=C[C@]2(C(C)(C)C)[C@H]1[C@H]1C=C[C@H]2n2c(=O)n([C@@H]3C[C@H]4CC[C@@]3(C)C4(C)C)c(=O)n21. The van der Waals surface area contributed by atoms with Gasteiger partial charge in [0, 0.05) is 17.4 Å². The van der Waals surface area contributed by atoms with Crippen LogP contribution in [0, 0.1) is 38.9 Å². The van der Waals surface area contributed by atoms with Crippen LogP contribution in [0.2, 0.25) is 0 Å². The minimum atomic E-state index is -0.144. The molecule has 1 aromatic heterocycles. The summed E-state index contributed by atoms with van der Waals surface area (Å²) in [6.07, 6.45) is 10.2. The van der Waals surface area contributed by atoms with Crippen molar-refractivity contribution in [2.45, 2.75) is 99.7 Å². The van der Waals surface area contributed by atoms with Gasteiger partial charge in [-0.1, -0.05) is 86.1 Å². The van der Waals surface area contributed by atoms with E-state index in [1.165, 1.54) is 12.0 Å². The van der Waals surface area contributed by atoms with Crippen LogP contribution in [-0.2, 0) is 0 Å². The summed E-state index contributed by atoms with van der Waals surface area (Å²) in [7, 11) is 0. The number of allylic oxidation sites excluding steroid dienone is 4. The highest BCUT2D eigenvalue weighted by Gasteiger charge is 2.68. The molecule has 2 fully saturated rings. The summed E-state index contributed by atoms with van der Waals surface area (Å²) in [5.74, 6) is 0.842. The maximum Gasteiger partial charge on any atom is 0.348 e. The minimum Gasteiger partial charge on any atom is -0.246 e. The number of hydrogen-bond acceptors (Lipinski definition) is 2.